The van der Waals surface area contributed by atoms with Crippen molar-refractivity contribution in [2.24, 2.45) is 16.7 Å². The normalized spacial score (nSPS) is 23.9. The molecule has 7 aliphatic rings. The highest BCUT2D eigenvalue weighted by atomic mass is 19.1. The molecular formula is C57H64F2N10O5. The number of halogens is 2. The molecule has 5 saturated heterocycles. The van der Waals surface area contributed by atoms with Crippen LogP contribution in [-0.4, -0.2) is 143 Å². The van der Waals surface area contributed by atoms with Crippen molar-refractivity contribution in [2.45, 2.75) is 89.6 Å². The lowest BCUT2D eigenvalue weighted by Crippen LogP contribution is -2.51. The first kappa shape index (κ1) is 45.0. The molecule has 2 unspecified atom stereocenters. The van der Waals surface area contributed by atoms with Gasteiger partial charge in [-0.3, -0.25) is 24.8 Å². The third-order valence-electron chi connectivity index (χ3n) is 17.5. The Labute approximate surface area is 434 Å². The van der Waals surface area contributed by atoms with E-state index in [0.717, 1.165) is 103 Å². The van der Waals surface area contributed by atoms with Crippen molar-refractivity contribution in [3.63, 3.8) is 0 Å². The van der Waals surface area contributed by atoms with Crippen molar-refractivity contribution in [3.8, 4) is 35.4 Å². The maximum Gasteiger partial charge on any atom is 0.328 e. The SMILES string of the molecule is [2H]C([2H])([2H])c1ccc(C(=O)N2CCC3(CCC(CN4CCN(CC5(COc6nc(N7CC8CCC(C7)N8)c7cnc(-c8cc(O)cc9ccc(F)c(C#C)c89)c(F)c7n6)CC5)CC4)CC3)CC2)cc1N1CCC(=O)NC1=O. The van der Waals surface area contributed by atoms with Gasteiger partial charge in [-0.2, -0.15) is 9.97 Å². The molecule has 3 aromatic carbocycles. The Bertz CT molecular complexity index is 3200. The fraction of sp³-hybridized carbons (Fsp3) is 0.509. The first-order valence-corrected chi connectivity index (χ1v) is 26.5. The van der Waals surface area contributed by atoms with Crippen molar-refractivity contribution in [3.05, 3.63) is 77.0 Å². The van der Waals surface area contributed by atoms with Crippen LogP contribution in [0.15, 0.2) is 48.7 Å². The molecule has 2 bridgehead atoms. The smallest absolute Gasteiger partial charge is 0.328 e. The van der Waals surface area contributed by atoms with E-state index in [1.165, 1.54) is 47.4 Å². The third-order valence-corrected chi connectivity index (χ3v) is 17.5. The van der Waals surface area contributed by atoms with Crippen LogP contribution in [0, 0.1) is 47.6 Å². The minimum Gasteiger partial charge on any atom is -0.508 e. The Morgan fingerprint density at radius 2 is 1.68 bits per heavy atom. The van der Waals surface area contributed by atoms with E-state index in [-0.39, 0.29) is 92.5 Å². The lowest BCUT2D eigenvalue weighted by molar-refractivity contribution is -0.120. The number of carbonyl (C=O) groups is 3. The zero-order valence-corrected chi connectivity index (χ0v) is 41.6. The summed E-state index contributed by atoms with van der Waals surface area (Å²) in [6.45, 7) is 6.44. The highest BCUT2D eigenvalue weighted by molar-refractivity contribution is 6.07. The number of amides is 4. The molecule has 17 heteroatoms. The van der Waals surface area contributed by atoms with Gasteiger partial charge < -0.3 is 34.8 Å². The number of aromatic hydroxyl groups is 1. The molecular weight excluding hydrogens is 943 g/mol. The van der Waals surface area contributed by atoms with Crippen molar-refractivity contribution in [1.29, 1.82) is 0 Å². The van der Waals surface area contributed by atoms with E-state index < -0.39 is 30.4 Å². The van der Waals surface area contributed by atoms with Crippen LogP contribution in [0.4, 0.5) is 25.1 Å². The van der Waals surface area contributed by atoms with Crippen molar-refractivity contribution >= 4 is 51.0 Å². The quantitative estimate of drug-likeness (QED) is 0.113. The van der Waals surface area contributed by atoms with Gasteiger partial charge in [0.1, 0.15) is 28.6 Å². The standard InChI is InChI=1S/C57H64F2N10O5/c1-3-42-45(58)9-6-37-26-41(70)28-43(48(37)42)50-49(59)51-44(29-60-50)52(68-31-39-7-8-40(32-68)61-39)64-54(63-51)74-34-57(15-16-57)33-66-24-22-65(23-25-66)30-36-10-13-56(14-11-36)17-20-67(21-18-56)53(72)38-5-4-35(2)46(27-38)69-19-12-47(71)62-55(69)73/h1,4-6,9,26-29,36,39-40,61,70H,7-8,10-25,30-34H2,2H3,(H,62,71,73)/i2D3. The van der Waals surface area contributed by atoms with E-state index >= 15 is 8.78 Å². The number of piperazine rings is 2. The van der Waals surface area contributed by atoms with Crippen LogP contribution in [0.25, 0.3) is 32.9 Å². The number of nitrogens with one attached hydrogen (secondary N) is 2. The van der Waals surface area contributed by atoms with Crippen molar-refractivity contribution < 1.29 is 37.1 Å². The maximum absolute atomic E-state index is 17.2. The number of hydrogen-bond acceptors (Lipinski definition) is 12. The van der Waals surface area contributed by atoms with Crippen LogP contribution in [0.5, 0.6) is 11.8 Å². The molecule has 7 heterocycles. The molecule has 74 heavy (non-hydrogen) atoms. The molecule has 2 saturated carbocycles. The number of fused-ring (bicyclic) bond motifs is 4. The molecule has 5 aromatic rings. The van der Waals surface area contributed by atoms with Crippen LogP contribution in [-0.2, 0) is 4.79 Å². The topological polar surface area (TPSA) is 160 Å². The molecule has 2 aliphatic carbocycles. The highest BCUT2D eigenvalue weighted by Gasteiger charge is 2.46. The Balaban J connectivity index is 0.656. The number of hydrogen-bond donors (Lipinski definition) is 3. The van der Waals surface area contributed by atoms with Gasteiger partial charge in [0.2, 0.25) is 5.91 Å². The van der Waals surface area contributed by atoms with E-state index in [2.05, 4.69) is 36.2 Å². The fourth-order valence-corrected chi connectivity index (χ4v) is 13.0. The average molecular weight is 1010 g/mol. The summed E-state index contributed by atoms with van der Waals surface area (Å²) in [5.41, 5.74) is 0.598. The number of likely N-dealkylation sites (tertiary alicyclic amines) is 1. The van der Waals surface area contributed by atoms with E-state index in [4.69, 9.17) is 25.2 Å². The summed E-state index contributed by atoms with van der Waals surface area (Å²) >= 11 is 0. The van der Waals surface area contributed by atoms with Gasteiger partial charge in [0.25, 0.3) is 5.91 Å². The molecule has 7 fully saturated rings. The van der Waals surface area contributed by atoms with Crippen LogP contribution in [0.1, 0.15) is 96.2 Å². The summed E-state index contributed by atoms with van der Waals surface area (Å²) in [7, 11) is 0. The summed E-state index contributed by atoms with van der Waals surface area (Å²) < 4.78 is 62.9. The van der Waals surface area contributed by atoms with E-state index in [1.54, 1.807) is 6.20 Å². The second kappa shape index (κ2) is 19.3. The number of imide groups is 1. The molecule has 3 N–H and O–H groups in total. The number of phenolic OH excluding ortho intramolecular Hbond substituents is 1. The van der Waals surface area contributed by atoms with Crippen LogP contribution < -0.4 is 25.2 Å². The molecule has 4 amide bonds. The number of ether oxygens (including phenoxy) is 1. The highest BCUT2D eigenvalue weighted by Crippen LogP contribution is 2.49. The number of rotatable bonds is 11. The number of pyridine rings is 1. The van der Waals surface area contributed by atoms with Gasteiger partial charge in [-0.25, -0.2) is 13.6 Å². The van der Waals surface area contributed by atoms with Gasteiger partial charge in [-0.05, 0) is 124 Å². The van der Waals surface area contributed by atoms with Gasteiger partial charge in [0.15, 0.2) is 5.82 Å². The minimum absolute atomic E-state index is 0.0321. The van der Waals surface area contributed by atoms with Crippen LogP contribution >= 0.6 is 0 Å². The zero-order chi connectivity index (χ0) is 53.4. The number of carbonyl (C=O) groups excluding carboxylic acids is 3. The summed E-state index contributed by atoms with van der Waals surface area (Å²) in [5.74, 6) is 1.48. The first-order chi connectivity index (χ1) is 37.0. The second-order valence-electron chi connectivity index (χ2n) is 22.3. The van der Waals surface area contributed by atoms with Crippen molar-refractivity contribution in [1.82, 2.24) is 40.3 Å². The fourth-order valence-electron chi connectivity index (χ4n) is 13.0. The van der Waals surface area contributed by atoms with E-state index in [0.29, 0.717) is 60.9 Å². The van der Waals surface area contributed by atoms with Gasteiger partial charge in [-0.15, -0.1) is 6.42 Å². The van der Waals surface area contributed by atoms with Crippen LogP contribution in [0.3, 0.4) is 0 Å². The van der Waals surface area contributed by atoms with E-state index in [1.807, 2.05) is 4.90 Å². The van der Waals surface area contributed by atoms with Gasteiger partial charge in [0.05, 0.1) is 17.6 Å². The molecule has 2 atom stereocenters. The number of phenols is 1. The summed E-state index contributed by atoms with van der Waals surface area (Å²) in [6.07, 6.45) is 17.9. The van der Waals surface area contributed by atoms with E-state index in [9.17, 15) is 19.5 Å². The molecule has 1 spiro atoms. The molecule has 15 nitrogen and oxygen atoms in total. The largest absolute Gasteiger partial charge is 0.508 e. The lowest BCUT2D eigenvalue weighted by atomic mass is 9.65. The lowest BCUT2D eigenvalue weighted by Gasteiger charge is -2.47. The monoisotopic (exact) mass is 1010 g/mol. The first-order valence-electron chi connectivity index (χ1n) is 28.0. The third kappa shape index (κ3) is 9.38. The zero-order valence-electron chi connectivity index (χ0n) is 44.6. The predicted molar refractivity (Wildman–Crippen MR) is 278 cm³/mol. The predicted octanol–water partition coefficient (Wildman–Crippen LogP) is 7.39. The van der Waals surface area contributed by atoms with Gasteiger partial charge in [0, 0.05) is 128 Å². The second-order valence-corrected chi connectivity index (χ2v) is 22.3. The number of aromatic nitrogens is 3. The molecule has 0 radical (unpaired) electrons. The maximum atomic E-state index is 17.2. The van der Waals surface area contributed by atoms with Crippen LogP contribution in [0.2, 0.25) is 0 Å². The molecule has 5 aliphatic heterocycles. The Morgan fingerprint density at radius 3 is 2.39 bits per heavy atom. The Kier molecular flexibility index (Phi) is 11.7. The summed E-state index contributed by atoms with van der Waals surface area (Å²) in [6, 6.07) is 9.96. The number of benzene rings is 3. The average Bonchev–Trinajstić information content (AvgIpc) is 4.14. The number of nitrogens with zero attached hydrogens (tertiary/aromatic N) is 8. The number of piperidine rings is 1. The number of aryl methyl sites for hydroxylation is 1. The van der Waals surface area contributed by atoms with Gasteiger partial charge in [-0.1, -0.05) is 18.1 Å². The summed E-state index contributed by atoms with van der Waals surface area (Å²) in [5, 5.41) is 17.8. The molecule has 386 valence electrons. The van der Waals surface area contributed by atoms with Gasteiger partial charge >= 0.3 is 12.0 Å². The number of terminal acetylenes is 1. The van der Waals surface area contributed by atoms with Crippen molar-refractivity contribution in [2.75, 3.05) is 88.4 Å². The summed E-state index contributed by atoms with van der Waals surface area (Å²) in [4.78, 5) is 63.1. The Hall–Kier alpha value is -6.48. The number of urea groups is 1. The Morgan fingerprint density at radius 1 is 0.919 bits per heavy atom. The molecule has 12 rings (SSSR count). The molecule has 2 aromatic heterocycles. The number of anilines is 2. The minimum atomic E-state index is -2.51.